The van der Waals surface area contributed by atoms with Crippen LogP contribution in [0.3, 0.4) is 0 Å². The Morgan fingerprint density at radius 3 is 2.43 bits per heavy atom. The van der Waals surface area contributed by atoms with Gasteiger partial charge in [-0.3, -0.25) is 4.90 Å². The molecule has 2 aromatic rings. The van der Waals surface area contributed by atoms with Crippen molar-refractivity contribution in [2.24, 2.45) is 0 Å². The maximum Gasteiger partial charge on any atom is 0.416 e. The molecular formula is C19H18F3N. The van der Waals surface area contributed by atoms with Gasteiger partial charge in [0.1, 0.15) is 0 Å². The monoisotopic (exact) mass is 317 g/mol. The fraction of sp³-hybridized carbons (Fsp3) is 0.368. The summed E-state index contributed by atoms with van der Waals surface area (Å²) in [5, 5.41) is 0. The molecule has 4 rings (SSSR count). The highest BCUT2D eigenvalue weighted by Crippen LogP contribution is 2.50. The molecule has 2 atom stereocenters. The predicted molar refractivity (Wildman–Crippen MR) is 83.0 cm³/mol. The highest BCUT2D eigenvalue weighted by atomic mass is 19.4. The SMILES string of the molecule is FC(F)(F)c1ccc2c(c1)[C@H](c1ccccc1)N1CCCC[C@H]21. The van der Waals surface area contributed by atoms with Gasteiger partial charge in [0.25, 0.3) is 0 Å². The predicted octanol–water partition coefficient (Wildman–Crippen LogP) is 5.34. The summed E-state index contributed by atoms with van der Waals surface area (Å²) in [7, 11) is 0. The lowest BCUT2D eigenvalue weighted by Crippen LogP contribution is -2.31. The topological polar surface area (TPSA) is 3.24 Å². The lowest BCUT2D eigenvalue weighted by atomic mass is 9.94. The Labute approximate surface area is 133 Å². The van der Waals surface area contributed by atoms with Crippen LogP contribution in [-0.4, -0.2) is 11.4 Å². The highest BCUT2D eigenvalue weighted by Gasteiger charge is 2.42. The number of piperidine rings is 1. The number of alkyl halides is 3. The summed E-state index contributed by atoms with van der Waals surface area (Å²) in [4.78, 5) is 2.38. The van der Waals surface area contributed by atoms with Crippen LogP contribution in [0.4, 0.5) is 13.2 Å². The van der Waals surface area contributed by atoms with Crippen LogP contribution in [0.15, 0.2) is 48.5 Å². The van der Waals surface area contributed by atoms with Crippen LogP contribution in [0.2, 0.25) is 0 Å². The van der Waals surface area contributed by atoms with Gasteiger partial charge in [-0.05, 0) is 48.2 Å². The van der Waals surface area contributed by atoms with Crippen LogP contribution in [0, 0.1) is 0 Å². The molecule has 2 aliphatic rings. The summed E-state index contributed by atoms with van der Waals surface area (Å²) < 4.78 is 39.4. The van der Waals surface area contributed by atoms with Crippen molar-refractivity contribution in [3.05, 3.63) is 70.8 Å². The molecule has 2 aliphatic heterocycles. The number of fused-ring (bicyclic) bond motifs is 3. The molecule has 0 radical (unpaired) electrons. The highest BCUT2D eigenvalue weighted by molar-refractivity contribution is 5.46. The lowest BCUT2D eigenvalue weighted by molar-refractivity contribution is -0.137. The van der Waals surface area contributed by atoms with E-state index in [0.717, 1.165) is 42.5 Å². The summed E-state index contributed by atoms with van der Waals surface area (Å²) in [6, 6.07) is 14.4. The second-order valence-corrected chi connectivity index (χ2v) is 6.40. The molecule has 0 aromatic heterocycles. The number of hydrogen-bond donors (Lipinski definition) is 0. The van der Waals surface area contributed by atoms with E-state index in [-0.39, 0.29) is 12.1 Å². The van der Waals surface area contributed by atoms with Gasteiger partial charge in [-0.25, -0.2) is 0 Å². The van der Waals surface area contributed by atoms with E-state index in [1.165, 1.54) is 12.1 Å². The Balaban J connectivity index is 1.86. The van der Waals surface area contributed by atoms with Crippen molar-refractivity contribution in [1.29, 1.82) is 0 Å². The second-order valence-electron chi connectivity index (χ2n) is 6.40. The Morgan fingerprint density at radius 2 is 1.70 bits per heavy atom. The third kappa shape index (κ3) is 2.45. The fourth-order valence-electron chi connectivity index (χ4n) is 4.07. The minimum atomic E-state index is -4.29. The lowest BCUT2D eigenvalue weighted by Gasteiger charge is -2.34. The Morgan fingerprint density at radius 1 is 0.913 bits per heavy atom. The third-order valence-electron chi connectivity index (χ3n) is 5.06. The van der Waals surface area contributed by atoms with Gasteiger partial charge in [0.05, 0.1) is 11.6 Å². The van der Waals surface area contributed by atoms with Crippen LogP contribution in [0.25, 0.3) is 0 Å². The number of halogens is 3. The molecule has 1 fully saturated rings. The van der Waals surface area contributed by atoms with E-state index in [1.54, 1.807) is 6.07 Å². The van der Waals surface area contributed by atoms with Crippen molar-refractivity contribution in [3.8, 4) is 0 Å². The molecule has 23 heavy (non-hydrogen) atoms. The van der Waals surface area contributed by atoms with Gasteiger partial charge in [-0.1, -0.05) is 42.8 Å². The number of benzene rings is 2. The van der Waals surface area contributed by atoms with Crippen LogP contribution in [-0.2, 0) is 6.18 Å². The largest absolute Gasteiger partial charge is 0.416 e. The Hall–Kier alpha value is -1.81. The maximum absolute atomic E-state index is 13.1. The first kappa shape index (κ1) is 14.8. The maximum atomic E-state index is 13.1. The van der Waals surface area contributed by atoms with Crippen LogP contribution < -0.4 is 0 Å². The van der Waals surface area contributed by atoms with Gasteiger partial charge in [0.15, 0.2) is 0 Å². The minimum absolute atomic E-state index is 0.0567. The zero-order valence-electron chi connectivity index (χ0n) is 12.7. The second kappa shape index (κ2) is 5.38. The summed E-state index contributed by atoms with van der Waals surface area (Å²) in [5.41, 5.74) is 2.44. The van der Waals surface area contributed by atoms with Crippen molar-refractivity contribution >= 4 is 0 Å². The molecule has 0 N–H and O–H groups in total. The van der Waals surface area contributed by atoms with E-state index in [2.05, 4.69) is 4.90 Å². The van der Waals surface area contributed by atoms with Crippen molar-refractivity contribution in [2.75, 3.05) is 6.54 Å². The van der Waals surface area contributed by atoms with E-state index < -0.39 is 11.7 Å². The molecule has 0 unspecified atom stereocenters. The standard InChI is InChI=1S/C19H18F3N/c20-19(21,22)14-9-10-15-16(12-14)18(13-6-2-1-3-7-13)23-11-5-4-8-17(15)23/h1-3,6-7,9-10,12,17-18H,4-5,8,11H2/t17-,18+/m1/s1. The molecule has 1 nitrogen and oxygen atoms in total. The summed E-state index contributed by atoms with van der Waals surface area (Å²) in [5.74, 6) is 0. The smallest absolute Gasteiger partial charge is 0.285 e. The first-order chi connectivity index (χ1) is 11.1. The average molecular weight is 317 g/mol. The molecule has 4 heteroatoms. The van der Waals surface area contributed by atoms with Gasteiger partial charge in [0.2, 0.25) is 0 Å². The van der Waals surface area contributed by atoms with E-state index in [0.29, 0.717) is 0 Å². The molecular weight excluding hydrogens is 299 g/mol. The molecule has 1 saturated heterocycles. The number of hydrogen-bond acceptors (Lipinski definition) is 1. The minimum Gasteiger partial charge on any atom is -0.285 e. The van der Waals surface area contributed by atoms with E-state index in [4.69, 9.17) is 0 Å². The Bertz CT molecular complexity index is 708. The van der Waals surface area contributed by atoms with Gasteiger partial charge >= 0.3 is 6.18 Å². The molecule has 0 bridgehead atoms. The van der Waals surface area contributed by atoms with E-state index in [9.17, 15) is 13.2 Å². The first-order valence-electron chi connectivity index (χ1n) is 8.07. The van der Waals surface area contributed by atoms with Crippen molar-refractivity contribution in [1.82, 2.24) is 4.90 Å². The molecule has 0 amide bonds. The average Bonchev–Trinajstić information content (AvgIpc) is 2.88. The van der Waals surface area contributed by atoms with E-state index >= 15 is 0 Å². The zero-order valence-corrected chi connectivity index (χ0v) is 12.7. The molecule has 2 heterocycles. The molecule has 2 aromatic carbocycles. The van der Waals surface area contributed by atoms with Crippen molar-refractivity contribution in [2.45, 2.75) is 37.5 Å². The number of rotatable bonds is 1. The van der Waals surface area contributed by atoms with E-state index in [1.807, 2.05) is 30.3 Å². The fourth-order valence-corrected chi connectivity index (χ4v) is 4.07. The van der Waals surface area contributed by atoms with Crippen LogP contribution >= 0.6 is 0 Å². The molecule has 0 aliphatic carbocycles. The molecule has 0 saturated carbocycles. The Kier molecular flexibility index (Phi) is 3.45. The first-order valence-corrected chi connectivity index (χ1v) is 8.07. The van der Waals surface area contributed by atoms with Gasteiger partial charge in [-0.2, -0.15) is 13.2 Å². The summed E-state index contributed by atoms with van der Waals surface area (Å²) in [6.07, 6.45) is -1.01. The summed E-state index contributed by atoms with van der Waals surface area (Å²) >= 11 is 0. The van der Waals surface area contributed by atoms with Crippen molar-refractivity contribution < 1.29 is 13.2 Å². The molecule has 120 valence electrons. The van der Waals surface area contributed by atoms with Gasteiger partial charge in [0, 0.05) is 6.04 Å². The van der Waals surface area contributed by atoms with Crippen LogP contribution in [0.5, 0.6) is 0 Å². The quantitative estimate of drug-likeness (QED) is 0.686. The van der Waals surface area contributed by atoms with Crippen molar-refractivity contribution in [3.63, 3.8) is 0 Å². The number of nitrogens with zero attached hydrogens (tertiary/aromatic N) is 1. The zero-order chi connectivity index (χ0) is 16.0. The molecule has 0 spiro atoms. The van der Waals surface area contributed by atoms with Gasteiger partial charge < -0.3 is 0 Å². The summed E-state index contributed by atoms with van der Waals surface area (Å²) in [6.45, 7) is 0.945. The third-order valence-corrected chi connectivity index (χ3v) is 5.06. The van der Waals surface area contributed by atoms with Gasteiger partial charge in [-0.15, -0.1) is 0 Å². The normalized spacial score (nSPS) is 24.3. The van der Waals surface area contributed by atoms with Crippen LogP contribution in [0.1, 0.15) is 53.6 Å².